The number of carbonyl (C=O) groups is 2. The van der Waals surface area contributed by atoms with Crippen LogP contribution in [0.15, 0.2) is 54.6 Å². The van der Waals surface area contributed by atoms with E-state index in [2.05, 4.69) is 16.3 Å². The second-order valence-corrected chi connectivity index (χ2v) is 10.1. The van der Waals surface area contributed by atoms with Crippen molar-refractivity contribution in [1.82, 2.24) is 15.1 Å². The molecular formula is C27H35N3O4. The summed E-state index contributed by atoms with van der Waals surface area (Å²) < 4.78 is 5.54. The second kappa shape index (κ2) is 9.76. The Morgan fingerprint density at radius 2 is 1.68 bits per heavy atom. The molecule has 34 heavy (non-hydrogen) atoms. The molecule has 0 spiro atoms. The predicted molar refractivity (Wildman–Crippen MR) is 130 cm³/mol. The van der Waals surface area contributed by atoms with E-state index in [9.17, 15) is 14.7 Å². The number of aryl methyl sites for hydroxylation is 1. The molecule has 2 atom stereocenters. The van der Waals surface area contributed by atoms with Gasteiger partial charge in [0.05, 0.1) is 12.6 Å². The molecular weight excluding hydrogens is 430 g/mol. The van der Waals surface area contributed by atoms with Gasteiger partial charge in [-0.05, 0) is 50.3 Å². The largest absolute Gasteiger partial charge is 0.444 e. The van der Waals surface area contributed by atoms with E-state index < -0.39 is 17.2 Å². The summed E-state index contributed by atoms with van der Waals surface area (Å²) in [6, 6.07) is 17.2. The third kappa shape index (κ3) is 4.81. The lowest BCUT2D eigenvalue weighted by atomic mass is 9.87. The van der Waals surface area contributed by atoms with Gasteiger partial charge in [0.15, 0.2) is 0 Å². The highest BCUT2D eigenvalue weighted by Crippen LogP contribution is 2.43. The van der Waals surface area contributed by atoms with E-state index in [1.165, 1.54) is 5.56 Å². The average Bonchev–Trinajstić information content (AvgIpc) is 3.23. The number of amides is 2. The van der Waals surface area contributed by atoms with Crippen LogP contribution in [-0.2, 0) is 21.5 Å². The van der Waals surface area contributed by atoms with Crippen LogP contribution in [0.4, 0.5) is 4.79 Å². The third-order valence-corrected chi connectivity index (χ3v) is 6.76. The van der Waals surface area contributed by atoms with Crippen molar-refractivity contribution in [3.63, 3.8) is 0 Å². The van der Waals surface area contributed by atoms with Gasteiger partial charge in [-0.2, -0.15) is 0 Å². The van der Waals surface area contributed by atoms with Crippen LogP contribution < -0.4 is 5.32 Å². The molecule has 0 saturated carbocycles. The summed E-state index contributed by atoms with van der Waals surface area (Å²) in [5, 5.41) is 13.2. The zero-order valence-corrected chi connectivity index (χ0v) is 20.3. The van der Waals surface area contributed by atoms with Gasteiger partial charge < -0.3 is 20.1 Å². The van der Waals surface area contributed by atoms with E-state index in [1.54, 1.807) is 4.90 Å². The number of aliphatic hydroxyl groups excluding tert-OH is 1. The molecule has 182 valence electrons. The van der Waals surface area contributed by atoms with E-state index in [0.717, 1.165) is 17.5 Å². The standard InChI is InChI=1S/C27H35N3O4/c1-26(2,3)34-25(33)29-15-17-30(18-16-29)27(14-13-20-9-7-8-12-22(20)27)24(32)28-23(19-31)21-10-5-4-6-11-21/h4-12,23,31H,13-19H2,1-3H3,(H,28,32)/t23-,27?/m1/s1. The quantitative estimate of drug-likeness (QED) is 0.709. The molecule has 1 aliphatic heterocycles. The van der Waals surface area contributed by atoms with Crippen molar-refractivity contribution in [3.8, 4) is 0 Å². The lowest BCUT2D eigenvalue weighted by Gasteiger charge is -2.45. The first-order chi connectivity index (χ1) is 16.2. The zero-order valence-electron chi connectivity index (χ0n) is 20.3. The number of aliphatic hydroxyl groups is 1. The van der Waals surface area contributed by atoms with Crippen LogP contribution in [0, 0.1) is 0 Å². The van der Waals surface area contributed by atoms with Gasteiger partial charge in [0.1, 0.15) is 11.1 Å². The van der Waals surface area contributed by atoms with Gasteiger partial charge >= 0.3 is 6.09 Å². The Balaban J connectivity index is 1.58. The molecule has 1 heterocycles. The number of nitrogens with zero attached hydrogens (tertiary/aromatic N) is 2. The summed E-state index contributed by atoms with van der Waals surface area (Å²) in [6.07, 6.45) is 1.16. The Hall–Kier alpha value is -2.90. The maximum absolute atomic E-state index is 14.0. The van der Waals surface area contributed by atoms with Crippen molar-refractivity contribution < 1.29 is 19.4 Å². The molecule has 2 N–H and O–H groups in total. The molecule has 7 nitrogen and oxygen atoms in total. The highest BCUT2D eigenvalue weighted by Gasteiger charge is 2.51. The first-order valence-corrected chi connectivity index (χ1v) is 12.0. The van der Waals surface area contributed by atoms with Gasteiger partial charge in [0.2, 0.25) is 5.91 Å². The first-order valence-electron chi connectivity index (χ1n) is 12.0. The van der Waals surface area contributed by atoms with Gasteiger partial charge in [-0.25, -0.2) is 4.79 Å². The summed E-state index contributed by atoms with van der Waals surface area (Å²) >= 11 is 0. The van der Waals surface area contributed by atoms with Crippen molar-refractivity contribution >= 4 is 12.0 Å². The molecule has 0 aromatic heterocycles. The van der Waals surface area contributed by atoms with Crippen molar-refractivity contribution in [3.05, 3.63) is 71.3 Å². The molecule has 1 unspecified atom stereocenters. The molecule has 1 aliphatic carbocycles. The Bertz CT molecular complexity index is 1010. The van der Waals surface area contributed by atoms with Crippen molar-refractivity contribution in [2.75, 3.05) is 32.8 Å². The molecule has 7 heteroatoms. The molecule has 2 aromatic rings. The maximum atomic E-state index is 14.0. The Kier molecular flexibility index (Phi) is 6.96. The van der Waals surface area contributed by atoms with Crippen LogP contribution in [-0.4, -0.2) is 65.3 Å². The Labute approximate surface area is 201 Å². The highest BCUT2D eigenvalue weighted by atomic mass is 16.6. The summed E-state index contributed by atoms with van der Waals surface area (Å²) in [7, 11) is 0. The molecule has 1 saturated heterocycles. The number of piperazine rings is 1. The van der Waals surface area contributed by atoms with Gasteiger partial charge in [-0.1, -0.05) is 54.6 Å². The van der Waals surface area contributed by atoms with Gasteiger partial charge in [0, 0.05) is 26.2 Å². The lowest BCUT2D eigenvalue weighted by Crippen LogP contribution is -2.61. The normalized spacial score (nSPS) is 21.6. The molecule has 4 rings (SSSR count). The number of fused-ring (bicyclic) bond motifs is 1. The number of hydrogen-bond donors (Lipinski definition) is 2. The van der Waals surface area contributed by atoms with Crippen LogP contribution in [0.5, 0.6) is 0 Å². The fourth-order valence-corrected chi connectivity index (χ4v) is 5.09. The molecule has 0 bridgehead atoms. The molecule has 2 aliphatic rings. The number of hydrogen-bond acceptors (Lipinski definition) is 5. The smallest absolute Gasteiger partial charge is 0.410 e. The highest BCUT2D eigenvalue weighted by molar-refractivity contribution is 5.89. The van der Waals surface area contributed by atoms with Crippen molar-refractivity contribution in [1.29, 1.82) is 0 Å². The maximum Gasteiger partial charge on any atom is 0.410 e. The van der Waals surface area contributed by atoms with Crippen molar-refractivity contribution in [2.24, 2.45) is 0 Å². The van der Waals surface area contributed by atoms with Crippen LogP contribution in [0.1, 0.15) is 49.9 Å². The number of ether oxygens (including phenoxy) is 1. The number of carbonyl (C=O) groups excluding carboxylic acids is 2. The topological polar surface area (TPSA) is 82.1 Å². The monoisotopic (exact) mass is 465 g/mol. The lowest BCUT2D eigenvalue weighted by molar-refractivity contribution is -0.137. The van der Waals surface area contributed by atoms with E-state index in [0.29, 0.717) is 32.6 Å². The number of nitrogens with one attached hydrogen (secondary N) is 1. The predicted octanol–water partition coefficient (Wildman–Crippen LogP) is 3.23. The van der Waals surface area contributed by atoms with Gasteiger partial charge in [0.25, 0.3) is 0 Å². The van der Waals surface area contributed by atoms with E-state index in [-0.39, 0.29) is 18.6 Å². The summed E-state index contributed by atoms with van der Waals surface area (Å²) in [5.41, 5.74) is 1.68. The van der Waals surface area contributed by atoms with Crippen LogP contribution >= 0.6 is 0 Å². The number of rotatable bonds is 5. The molecule has 2 aromatic carbocycles. The van der Waals surface area contributed by atoms with Crippen LogP contribution in [0.3, 0.4) is 0 Å². The zero-order chi connectivity index (χ0) is 24.3. The molecule has 0 radical (unpaired) electrons. The first kappa shape index (κ1) is 24.2. The third-order valence-electron chi connectivity index (χ3n) is 6.76. The SMILES string of the molecule is CC(C)(C)OC(=O)N1CCN(C2(C(=O)N[C@H](CO)c3ccccc3)CCc3ccccc32)CC1. The fraction of sp³-hybridized carbons (Fsp3) is 0.481. The fourth-order valence-electron chi connectivity index (χ4n) is 5.09. The Morgan fingerprint density at radius 1 is 1.03 bits per heavy atom. The van der Waals surface area contributed by atoms with Crippen molar-refractivity contribution in [2.45, 2.75) is 50.8 Å². The van der Waals surface area contributed by atoms with E-state index in [1.807, 2.05) is 69.3 Å². The summed E-state index contributed by atoms with van der Waals surface area (Å²) in [5.74, 6) is -0.105. The van der Waals surface area contributed by atoms with E-state index in [4.69, 9.17) is 4.74 Å². The molecule has 1 fully saturated rings. The van der Waals surface area contributed by atoms with Gasteiger partial charge in [-0.3, -0.25) is 9.69 Å². The number of benzene rings is 2. The minimum atomic E-state index is -0.835. The van der Waals surface area contributed by atoms with Gasteiger partial charge in [-0.15, -0.1) is 0 Å². The van der Waals surface area contributed by atoms with E-state index >= 15 is 0 Å². The van der Waals surface area contributed by atoms with Crippen LogP contribution in [0.2, 0.25) is 0 Å². The average molecular weight is 466 g/mol. The summed E-state index contributed by atoms with van der Waals surface area (Å²) in [4.78, 5) is 30.5. The van der Waals surface area contributed by atoms with Crippen LogP contribution in [0.25, 0.3) is 0 Å². The second-order valence-electron chi connectivity index (χ2n) is 10.1. The Morgan fingerprint density at radius 3 is 2.32 bits per heavy atom. The summed E-state index contributed by atoms with van der Waals surface area (Å²) in [6.45, 7) is 7.52. The molecule has 2 amide bonds. The minimum Gasteiger partial charge on any atom is -0.444 e. The minimum absolute atomic E-state index is 0.105.